The largest absolute Gasteiger partial charge is 0.485 e. The summed E-state index contributed by atoms with van der Waals surface area (Å²) in [6.07, 6.45) is 0. The first-order valence-corrected chi connectivity index (χ1v) is 5.11. The molecule has 0 saturated heterocycles. The summed E-state index contributed by atoms with van der Waals surface area (Å²) in [7, 11) is 0. The SMILES string of the molecule is Cc1nonc1COc1cc(N)c(F)cc1Cl. The molecule has 2 rings (SSSR count). The lowest BCUT2D eigenvalue weighted by molar-refractivity contribution is 0.270. The van der Waals surface area contributed by atoms with E-state index in [4.69, 9.17) is 22.1 Å². The number of anilines is 1. The van der Waals surface area contributed by atoms with Crippen molar-refractivity contribution in [1.82, 2.24) is 10.3 Å². The molecule has 7 heteroatoms. The molecule has 1 heterocycles. The Kier molecular flexibility index (Phi) is 3.14. The first-order chi connectivity index (χ1) is 8.08. The number of ether oxygens (including phenoxy) is 1. The third-order valence-corrected chi connectivity index (χ3v) is 2.46. The third kappa shape index (κ3) is 2.47. The van der Waals surface area contributed by atoms with Crippen molar-refractivity contribution in [1.29, 1.82) is 0 Å². The number of nitrogens with two attached hydrogens (primary N) is 1. The molecular weight excluding hydrogens is 249 g/mol. The van der Waals surface area contributed by atoms with Crippen LogP contribution in [0.5, 0.6) is 5.75 Å². The molecule has 2 aromatic rings. The minimum atomic E-state index is -0.582. The summed E-state index contributed by atoms with van der Waals surface area (Å²) < 4.78 is 22.9. The zero-order valence-electron chi connectivity index (χ0n) is 8.91. The minimum Gasteiger partial charge on any atom is -0.485 e. The van der Waals surface area contributed by atoms with Crippen LogP contribution in [0.3, 0.4) is 0 Å². The van der Waals surface area contributed by atoms with Crippen molar-refractivity contribution >= 4 is 17.3 Å². The quantitative estimate of drug-likeness (QED) is 0.854. The van der Waals surface area contributed by atoms with E-state index in [0.717, 1.165) is 6.07 Å². The van der Waals surface area contributed by atoms with Crippen molar-refractivity contribution in [2.45, 2.75) is 13.5 Å². The number of nitrogens with zero attached hydrogens (tertiary/aromatic N) is 2. The van der Waals surface area contributed by atoms with Crippen molar-refractivity contribution in [3.8, 4) is 5.75 Å². The molecule has 2 N–H and O–H groups in total. The molecule has 0 atom stereocenters. The van der Waals surface area contributed by atoms with Gasteiger partial charge in [-0.15, -0.1) is 0 Å². The van der Waals surface area contributed by atoms with Crippen LogP contribution in [-0.2, 0) is 6.61 Å². The molecule has 0 aliphatic heterocycles. The highest BCUT2D eigenvalue weighted by Crippen LogP contribution is 2.29. The third-order valence-electron chi connectivity index (χ3n) is 2.16. The predicted molar refractivity (Wildman–Crippen MR) is 59.2 cm³/mol. The normalized spacial score (nSPS) is 10.5. The second kappa shape index (κ2) is 4.58. The number of aromatic nitrogens is 2. The van der Waals surface area contributed by atoms with Gasteiger partial charge in [0.2, 0.25) is 0 Å². The highest BCUT2D eigenvalue weighted by atomic mass is 35.5. The highest BCUT2D eigenvalue weighted by molar-refractivity contribution is 6.32. The predicted octanol–water partition coefficient (Wildman–Crippen LogP) is 2.33. The molecule has 1 aromatic carbocycles. The Morgan fingerprint density at radius 3 is 2.88 bits per heavy atom. The van der Waals surface area contributed by atoms with E-state index in [0.29, 0.717) is 11.4 Å². The number of hydrogen-bond acceptors (Lipinski definition) is 5. The average molecular weight is 258 g/mol. The van der Waals surface area contributed by atoms with Crippen molar-refractivity contribution in [3.05, 3.63) is 34.4 Å². The van der Waals surface area contributed by atoms with Gasteiger partial charge >= 0.3 is 0 Å². The van der Waals surface area contributed by atoms with Crippen LogP contribution in [0.4, 0.5) is 10.1 Å². The van der Waals surface area contributed by atoms with Crippen LogP contribution in [0.15, 0.2) is 16.8 Å². The van der Waals surface area contributed by atoms with Crippen LogP contribution >= 0.6 is 11.6 Å². The van der Waals surface area contributed by atoms with E-state index < -0.39 is 5.82 Å². The lowest BCUT2D eigenvalue weighted by Gasteiger charge is -2.07. The standard InChI is InChI=1S/C10H9ClFN3O2/c1-5-9(15-17-14-5)4-16-10-3-8(13)7(12)2-6(10)11/h2-3H,4,13H2,1H3. The molecule has 0 spiro atoms. The zero-order valence-corrected chi connectivity index (χ0v) is 9.66. The molecule has 0 aliphatic carbocycles. The van der Waals surface area contributed by atoms with Gasteiger partial charge in [0.15, 0.2) is 0 Å². The van der Waals surface area contributed by atoms with E-state index in [2.05, 4.69) is 14.9 Å². The summed E-state index contributed by atoms with van der Waals surface area (Å²) in [5, 5.41) is 7.38. The summed E-state index contributed by atoms with van der Waals surface area (Å²) in [6.45, 7) is 1.86. The lowest BCUT2D eigenvalue weighted by Crippen LogP contribution is -2.00. The van der Waals surface area contributed by atoms with Crippen LogP contribution in [-0.4, -0.2) is 10.3 Å². The Hall–Kier alpha value is -1.82. The van der Waals surface area contributed by atoms with Gasteiger partial charge < -0.3 is 10.5 Å². The van der Waals surface area contributed by atoms with Gasteiger partial charge in [-0.1, -0.05) is 21.9 Å². The van der Waals surface area contributed by atoms with Gasteiger partial charge in [0, 0.05) is 6.07 Å². The Balaban J connectivity index is 2.14. The first-order valence-electron chi connectivity index (χ1n) is 4.73. The second-order valence-electron chi connectivity index (χ2n) is 3.39. The van der Waals surface area contributed by atoms with Crippen molar-refractivity contribution < 1.29 is 13.8 Å². The second-order valence-corrected chi connectivity index (χ2v) is 3.80. The number of benzene rings is 1. The van der Waals surface area contributed by atoms with E-state index in [1.54, 1.807) is 6.92 Å². The Morgan fingerprint density at radius 1 is 1.47 bits per heavy atom. The Labute approximate surface area is 101 Å². The maximum absolute atomic E-state index is 13.0. The fraction of sp³-hybridized carbons (Fsp3) is 0.200. The molecule has 90 valence electrons. The van der Waals surface area contributed by atoms with Gasteiger partial charge in [-0.3, -0.25) is 0 Å². The molecule has 0 fully saturated rings. The number of rotatable bonds is 3. The number of aryl methyl sites for hydroxylation is 1. The van der Waals surface area contributed by atoms with Gasteiger partial charge in [-0.25, -0.2) is 9.02 Å². The van der Waals surface area contributed by atoms with E-state index in [1.807, 2.05) is 0 Å². The summed E-state index contributed by atoms with van der Waals surface area (Å²) in [5.41, 5.74) is 6.55. The van der Waals surface area contributed by atoms with Crippen LogP contribution in [0.25, 0.3) is 0 Å². The summed E-state index contributed by atoms with van der Waals surface area (Å²) >= 11 is 5.80. The average Bonchev–Trinajstić information content (AvgIpc) is 2.68. The molecule has 1 aromatic heterocycles. The van der Waals surface area contributed by atoms with Crippen LogP contribution in [0.2, 0.25) is 5.02 Å². The zero-order chi connectivity index (χ0) is 12.4. The molecule has 17 heavy (non-hydrogen) atoms. The summed E-state index contributed by atoms with van der Waals surface area (Å²) in [5.74, 6) is -0.297. The molecule has 0 aliphatic rings. The Morgan fingerprint density at radius 2 is 2.24 bits per heavy atom. The van der Waals surface area contributed by atoms with E-state index in [1.165, 1.54) is 6.07 Å². The highest BCUT2D eigenvalue weighted by Gasteiger charge is 2.10. The lowest BCUT2D eigenvalue weighted by atomic mass is 10.3. The van der Waals surface area contributed by atoms with Crippen molar-refractivity contribution in [3.63, 3.8) is 0 Å². The molecule has 0 saturated carbocycles. The number of halogens is 2. The van der Waals surface area contributed by atoms with Crippen molar-refractivity contribution in [2.24, 2.45) is 0 Å². The smallest absolute Gasteiger partial charge is 0.147 e. The summed E-state index contributed by atoms with van der Waals surface area (Å²) in [6, 6.07) is 2.42. The van der Waals surface area contributed by atoms with Crippen LogP contribution < -0.4 is 10.5 Å². The topological polar surface area (TPSA) is 74.2 Å². The van der Waals surface area contributed by atoms with Gasteiger partial charge in [0.05, 0.1) is 10.7 Å². The van der Waals surface area contributed by atoms with Crippen LogP contribution in [0.1, 0.15) is 11.4 Å². The molecule has 0 amide bonds. The monoisotopic (exact) mass is 257 g/mol. The van der Waals surface area contributed by atoms with Gasteiger partial charge in [-0.2, -0.15) is 0 Å². The fourth-order valence-electron chi connectivity index (χ4n) is 1.18. The van der Waals surface area contributed by atoms with Crippen LogP contribution in [0, 0.1) is 12.7 Å². The molecule has 0 bridgehead atoms. The number of nitrogen functional groups attached to an aromatic ring is 1. The van der Waals surface area contributed by atoms with Gasteiger partial charge in [0.1, 0.15) is 29.6 Å². The maximum atomic E-state index is 13.0. The minimum absolute atomic E-state index is 0.0283. The molecule has 5 nitrogen and oxygen atoms in total. The van der Waals surface area contributed by atoms with E-state index >= 15 is 0 Å². The molecular formula is C10H9ClFN3O2. The molecule has 0 unspecified atom stereocenters. The number of hydrogen-bond donors (Lipinski definition) is 1. The van der Waals surface area contributed by atoms with Gasteiger partial charge in [0.25, 0.3) is 0 Å². The summed E-state index contributed by atoms with van der Waals surface area (Å²) in [4.78, 5) is 0. The fourth-order valence-corrected chi connectivity index (χ4v) is 1.39. The van der Waals surface area contributed by atoms with E-state index in [9.17, 15) is 4.39 Å². The first kappa shape index (κ1) is 11.7. The maximum Gasteiger partial charge on any atom is 0.147 e. The Bertz CT molecular complexity index is 544. The molecule has 0 radical (unpaired) electrons. The van der Waals surface area contributed by atoms with Gasteiger partial charge in [-0.05, 0) is 13.0 Å². The van der Waals surface area contributed by atoms with Crippen molar-refractivity contribution in [2.75, 3.05) is 5.73 Å². The van der Waals surface area contributed by atoms with E-state index in [-0.39, 0.29) is 23.1 Å².